The van der Waals surface area contributed by atoms with Crippen LogP contribution in [0.3, 0.4) is 0 Å². The van der Waals surface area contributed by atoms with Crippen LogP contribution in [0.15, 0.2) is 53.5 Å². The van der Waals surface area contributed by atoms with E-state index in [1.54, 1.807) is 12.1 Å². The number of amidine groups is 1. The highest BCUT2D eigenvalue weighted by atomic mass is 35.5. The van der Waals surface area contributed by atoms with Gasteiger partial charge in [-0.2, -0.15) is 0 Å². The lowest BCUT2D eigenvalue weighted by Crippen LogP contribution is -2.39. The van der Waals surface area contributed by atoms with Gasteiger partial charge in [-0.3, -0.25) is 4.99 Å². The first-order chi connectivity index (χ1) is 12.4. The van der Waals surface area contributed by atoms with Gasteiger partial charge in [0.05, 0.1) is 23.6 Å². The highest BCUT2D eigenvalue weighted by molar-refractivity contribution is 8.13. The van der Waals surface area contributed by atoms with E-state index in [2.05, 4.69) is 4.99 Å². The molecule has 0 aliphatic carbocycles. The fraction of sp³-hybridized carbons (Fsp3) is 0.278. The Kier molecular flexibility index (Phi) is 4.71. The molecule has 2 heterocycles. The summed E-state index contributed by atoms with van der Waals surface area (Å²) in [6.07, 6.45) is 0. The van der Waals surface area contributed by atoms with E-state index in [1.165, 1.54) is 23.9 Å². The number of thioether (sulfide) groups is 1. The second-order valence-corrected chi connectivity index (χ2v) is 9.92. The summed E-state index contributed by atoms with van der Waals surface area (Å²) in [4.78, 5) is 6.62. The number of halogens is 2. The number of rotatable bonds is 3. The summed E-state index contributed by atoms with van der Waals surface area (Å²) in [5.74, 6) is 0.433. The summed E-state index contributed by atoms with van der Waals surface area (Å²) < 4.78 is 37.5. The number of fused-ring (bicyclic) bond motifs is 1. The lowest BCUT2D eigenvalue weighted by atomic mass is 10.1. The van der Waals surface area contributed by atoms with E-state index >= 15 is 0 Å². The van der Waals surface area contributed by atoms with Crippen molar-refractivity contribution < 1.29 is 12.8 Å². The van der Waals surface area contributed by atoms with Gasteiger partial charge in [0.2, 0.25) is 0 Å². The smallest absolute Gasteiger partial charge is 0.164 e. The molecule has 4 rings (SSSR count). The fourth-order valence-electron chi connectivity index (χ4n) is 3.34. The topological polar surface area (TPSA) is 49.7 Å². The zero-order chi connectivity index (χ0) is 18.3. The Morgan fingerprint density at radius 1 is 1.19 bits per heavy atom. The molecule has 0 bridgehead atoms. The minimum atomic E-state index is -3.09. The van der Waals surface area contributed by atoms with Gasteiger partial charge in [0.1, 0.15) is 5.82 Å². The van der Waals surface area contributed by atoms with Crippen LogP contribution in [0.2, 0.25) is 5.02 Å². The molecule has 136 valence electrons. The number of benzene rings is 2. The van der Waals surface area contributed by atoms with E-state index in [0.29, 0.717) is 10.8 Å². The van der Waals surface area contributed by atoms with E-state index in [4.69, 9.17) is 11.6 Å². The van der Waals surface area contributed by atoms with Crippen molar-refractivity contribution in [1.82, 2.24) is 0 Å². The highest BCUT2D eigenvalue weighted by Crippen LogP contribution is 2.36. The molecule has 2 aliphatic heterocycles. The summed E-state index contributed by atoms with van der Waals surface area (Å²) in [6, 6.07) is 13.3. The second-order valence-electron chi connectivity index (χ2n) is 6.39. The zero-order valence-corrected chi connectivity index (χ0v) is 16.1. The lowest BCUT2D eigenvalue weighted by molar-refractivity contribution is 0.601. The van der Waals surface area contributed by atoms with Crippen LogP contribution >= 0.6 is 23.4 Å². The number of hydrogen-bond acceptors (Lipinski definition) is 5. The van der Waals surface area contributed by atoms with Crippen molar-refractivity contribution >= 4 is 44.1 Å². The van der Waals surface area contributed by atoms with Gasteiger partial charge in [-0.1, -0.05) is 41.6 Å². The molecule has 2 aromatic rings. The molecule has 2 aliphatic rings. The average Bonchev–Trinajstić information content (AvgIpc) is 3.04. The number of hydrogen-bond donors (Lipinski definition) is 0. The number of nitrogens with zero attached hydrogens (tertiary/aromatic N) is 2. The molecule has 1 fully saturated rings. The maximum atomic E-state index is 13.4. The third-order valence-electron chi connectivity index (χ3n) is 4.45. The first-order valence-electron chi connectivity index (χ1n) is 8.11. The van der Waals surface area contributed by atoms with Crippen LogP contribution in [0.25, 0.3) is 0 Å². The molecule has 26 heavy (non-hydrogen) atoms. The molecule has 1 saturated heterocycles. The minimum Gasteiger partial charge on any atom is -0.315 e. The Hall–Kier alpha value is -1.57. The van der Waals surface area contributed by atoms with Crippen molar-refractivity contribution in [3.8, 4) is 0 Å². The summed E-state index contributed by atoms with van der Waals surface area (Å²) in [5, 5.41) is 1.34. The predicted molar refractivity (Wildman–Crippen MR) is 105 cm³/mol. The maximum absolute atomic E-state index is 13.4. The van der Waals surface area contributed by atoms with Crippen LogP contribution in [-0.2, 0) is 15.6 Å². The molecule has 4 nitrogen and oxygen atoms in total. The molecular weight excluding hydrogens is 395 g/mol. The Bertz CT molecular complexity index is 981. The average molecular weight is 411 g/mol. The molecule has 0 aromatic heterocycles. The summed E-state index contributed by atoms with van der Waals surface area (Å²) in [7, 11) is -3.09. The first kappa shape index (κ1) is 17.8. The third kappa shape index (κ3) is 3.61. The highest BCUT2D eigenvalue weighted by Gasteiger charge is 2.47. The van der Waals surface area contributed by atoms with Crippen LogP contribution in [0.4, 0.5) is 10.1 Å². The van der Waals surface area contributed by atoms with Crippen molar-refractivity contribution in [1.29, 1.82) is 0 Å². The maximum Gasteiger partial charge on any atom is 0.164 e. The van der Waals surface area contributed by atoms with Crippen LogP contribution < -0.4 is 4.90 Å². The lowest BCUT2D eigenvalue weighted by Gasteiger charge is -2.26. The van der Waals surface area contributed by atoms with Gasteiger partial charge < -0.3 is 4.90 Å². The van der Waals surface area contributed by atoms with Crippen molar-refractivity contribution in [2.75, 3.05) is 16.4 Å². The van der Waals surface area contributed by atoms with Gasteiger partial charge in [-0.05, 0) is 35.9 Å². The van der Waals surface area contributed by atoms with Gasteiger partial charge >= 0.3 is 0 Å². The Morgan fingerprint density at radius 3 is 2.77 bits per heavy atom. The molecule has 0 radical (unpaired) electrons. The van der Waals surface area contributed by atoms with E-state index in [1.807, 2.05) is 29.2 Å². The van der Waals surface area contributed by atoms with E-state index < -0.39 is 9.84 Å². The molecule has 0 amide bonds. The molecule has 2 aromatic carbocycles. The van der Waals surface area contributed by atoms with Gasteiger partial charge in [0.15, 0.2) is 15.0 Å². The zero-order valence-electron chi connectivity index (χ0n) is 13.7. The number of anilines is 1. The van der Waals surface area contributed by atoms with Gasteiger partial charge in [-0.25, -0.2) is 12.8 Å². The first-order valence-corrected chi connectivity index (χ1v) is 11.3. The molecular formula is C18H16ClFN2O2S2. The Balaban J connectivity index is 1.63. The number of sulfone groups is 1. The quantitative estimate of drug-likeness (QED) is 0.773. The van der Waals surface area contributed by atoms with Gasteiger partial charge in [-0.15, -0.1) is 0 Å². The van der Waals surface area contributed by atoms with E-state index in [9.17, 15) is 12.8 Å². The van der Waals surface area contributed by atoms with Crippen LogP contribution in [0, 0.1) is 5.82 Å². The molecule has 0 saturated carbocycles. The fourth-order valence-corrected chi connectivity index (χ4v) is 6.43. The van der Waals surface area contributed by atoms with Crippen LogP contribution in [-0.4, -0.2) is 37.2 Å². The summed E-state index contributed by atoms with van der Waals surface area (Å²) >= 11 is 7.61. The van der Waals surface area contributed by atoms with Gasteiger partial charge in [0.25, 0.3) is 0 Å². The summed E-state index contributed by atoms with van der Waals surface area (Å²) in [6.45, 7) is 0. The minimum absolute atomic E-state index is 0.0682. The molecule has 0 N–H and O–H groups in total. The van der Waals surface area contributed by atoms with Crippen molar-refractivity contribution in [3.05, 3.63) is 64.9 Å². The van der Waals surface area contributed by atoms with E-state index in [-0.39, 0.29) is 29.4 Å². The monoisotopic (exact) mass is 410 g/mol. The SMILES string of the molecule is O=S1(=O)C[C@@H]2N=C(SCc3cccc(F)c3)N(c3cccc(Cl)c3)[C@@H]2C1. The molecule has 2 atom stereocenters. The van der Waals surface area contributed by atoms with Crippen LogP contribution in [0.1, 0.15) is 5.56 Å². The molecule has 8 heteroatoms. The molecule has 0 spiro atoms. The third-order valence-corrected chi connectivity index (χ3v) is 7.42. The largest absolute Gasteiger partial charge is 0.315 e. The Labute approximate surface area is 161 Å². The van der Waals surface area contributed by atoms with Crippen molar-refractivity contribution in [3.63, 3.8) is 0 Å². The van der Waals surface area contributed by atoms with Crippen LogP contribution in [0.5, 0.6) is 0 Å². The summed E-state index contributed by atoms with van der Waals surface area (Å²) in [5.41, 5.74) is 1.68. The van der Waals surface area contributed by atoms with Crippen molar-refractivity contribution in [2.45, 2.75) is 17.8 Å². The molecule has 0 unspecified atom stereocenters. The number of aliphatic imine (C=N–C) groups is 1. The van der Waals surface area contributed by atoms with Gasteiger partial charge in [0, 0.05) is 16.5 Å². The normalized spacial score (nSPS) is 23.8. The second kappa shape index (κ2) is 6.87. The van der Waals surface area contributed by atoms with E-state index in [0.717, 1.165) is 16.4 Å². The standard InChI is InChI=1S/C18H16ClFN2O2S2/c19-13-4-2-6-15(8-13)22-17-11-26(23,24)10-16(17)21-18(22)25-9-12-3-1-5-14(20)7-12/h1-8,16-17H,9-11H2/t16-,17+/m0/s1. The Morgan fingerprint density at radius 2 is 2.00 bits per heavy atom. The van der Waals surface area contributed by atoms with Crippen molar-refractivity contribution in [2.24, 2.45) is 4.99 Å². The predicted octanol–water partition coefficient (Wildman–Crippen LogP) is 3.75.